The van der Waals surface area contributed by atoms with Crippen LogP contribution in [0.3, 0.4) is 0 Å². The minimum absolute atomic E-state index is 0.0945. The molecule has 1 atom stereocenters. The van der Waals surface area contributed by atoms with Gasteiger partial charge in [0.1, 0.15) is 5.82 Å². The topological polar surface area (TPSA) is 38.0 Å². The van der Waals surface area contributed by atoms with Gasteiger partial charge in [0.15, 0.2) is 0 Å². The average molecular weight is 325 g/mol. The largest absolute Gasteiger partial charge is 0.271 e. The molecular formula is C16H18ClFN2S. The highest BCUT2D eigenvalue weighted by atomic mass is 35.5. The van der Waals surface area contributed by atoms with Gasteiger partial charge in [-0.25, -0.2) is 4.39 Å². The number of halogens is 2. The number of hydrogen-bond acceptors (Lipinski definition) is 3. The highest BCUT2D eigenvalue weighted by Crippen LogP contribution is 2.22. The van der Waals surface area contributed by atoms with E-state index in [2.05, 4.69) is 30.5 Å². The van der Waals surface area contributed by atoms with Crippen molar-refractivity contribution in [3.63, 3.8) is 0 Å². The Morgan fingerprint density at radius 2 is 2.10 bits per heavy atom. The minimum atomic E-state index is -0.396. The Kier molecular flexibility index (Phi) is 6.06. The van der Waals surface area contributed by atoms with E-state index in [0.29, 0.717) is 6.42 Å². The van der Waals surface area contributed by atoms with Crippen LogP contribution in [0.5, 0.6) is 0 Å². The van der Waals surface area contributed by atoms with Gasteiger partial charge in [0.05, 0.1) is 5.02 Å². The first kappa shape index (κ1) is 16.3. The van der Waals surface area contributed by atoms with Crippen molar-refractivity contribution >= 4 is 23.4 Å². The molecular weight excluding hydrogens is 307 g/mol. The SMILES string of the molecule is Cc1cccc(SCC(Cc2ccc(F)c(Cl)c2)NN)c1. The minimum Gasteiger partial charge on any atom is -0.271 e. The molecule has 0 aromatic heterocycles. The first-order chi connectivity index (χ1) is 10.1. The first-order valence-electron chi connectivity index (χ1n) is 6.68. The number of thioether (sulfide) groups is 1. The van der Waals surface area contributed by atoms with Gasteiger partial charge in [0, 0.05) is 16.7 Å². The second-order valence-electron chi connectivity index (χ2n) is 4.94. The summed E-state index contributed by atoms with van der Waals surface area (Å²) in [5.41, 5.74) is 5.02. The summed E-state index contributed by atoms with van der Waals surface area (Å²) in [5, 5.41) is 0.148. The summed E-state index contributed by atoms with van der Waals surface area (Å²) in [5.74, 6) is 6.04. The van der Waals surface area contributed by atoms with Gasteiger partial charge in [-0.05, 0) is 43.2 Å². The van der Waals surface area contributed by atoms with Crippen molar-refractivity contribution in [2.24, 2.45) is 5.84 Å². The Labute approximate surface area is 133 Å². The molecule has 0 aliphatic rings. The molecule has 21 heavy (non-hydrogen) atoms. The van der Waals surface area contributed by atoms with Crippen molar-refractivity contribution in [2.45, 2.75) is 24.3 Å². The van der Waals surface area contributed by atoms with E-state index in [-0.39, 0.29) is 11.1 Å². The van der Waals surface area contributed by atoms with Crippen LogP contribution in [-0.4, -0.2) is 11.8 Å². The lowest BCUT2D eigenvalue weighted by Crippen LogP contribution is -2.38. The molecule has 0 spiro atoms. The third-order valence-electron chi connectivity index (χ3n) is 3.14. The molecule has 112 valence electrons. The van der Waals surface area contributed by atoms with E-state index in [0.717, 1.165) is 11.3 Å². The molecule has 1 unspecified atom stereocenters. The van der Waals surface area contributed by atoms with Gasteiger partial charge >= 0.3 is 0 Å². The Bertz CT molecular complexity index is 607. The monoisotopic (exact) mass is 324 g/mol. The van der Waals surface area contributed by atoms with Gasteiger partial charge in [-0.2, -0.15) is 0 Å². The fraction of sp³-hybridized carbons (Fsp3) is 0.250. The van der Waals surface area contributed by atoms with Gasteiger partial charge in [-0.15, -0.1) is 11.8 Å². The molecule has 0 heterocycles. The highest BCUT2D eigenvalue weighted by Gasteiger charge is 2.10. The van der Waals surface area contributed by atoms with Crippen LogP contribution >= 0.6 is 23.4 Å². The summed E-state index contributed by atoms with van der Waals surface area (Å²) >= 11 is 7.54. The third-order valence-corrected chi connectivity index (χ3v) is 4.59. The predicted octanol–water partition coefficient (Wildman–Crippen LogP) is 3.95. The summed E-state index contributed by atoms with van der Waals surface area (Å²) in [7, 11) is 0. The second kappa shape index (κ2) is 7.80. The van der Waals surface area contributed by atoms with Crippen LogP contribution < -0.4 is 11.3 Å². The molecule has 0 radical (unpaired) electrons. The van der Waals surface area contributed by atoms with Crippen LogP contribution in [0.25, 0.3) is 0 Å². The van der Waals surface area contributed by atoms with Gasteiger partial charge in [0.25, 0.3) is 0 Å². The van der Waals surface area contributed by atoms with Crippen molar-refractivity contribution in [1.29, 1.82) is 0 Å². The quantitative estimate of drug-likeness (QED) is 0.480. The fourth-order valence-electron chi connectivity index (χ4n) is 2.02. The van der Waals surface area contributed by atoms with Gasteiger partial charge < -0.3 is 0 Å². The highest BCUT2D eigenvalue weighted by molar-refractivity contribution is 7.99. The predicted molar refractivity (Wildman–Crippen MR) is 88.1 cm³/mol. The molecule has 0 saturated carbocycles. The lowest BCUT2D eigenvalue weighted by atomic mass is 10.1. The zero-order valence-electron chi connectivity index (χ0n) is 11.8. The van der Waals surface area contributed by atoms with Crippen LogP contribution in [0.2, 0.25) is 5.02 Å². The molecule has 2 rings (SSSR count). The van der Waals surface area contributed by atoms with Crippen molar-refractivity contribution in [3.05, 3.63) is 64.4 Å². The van der Waals surface area contributed by atoms with Gasteiger partial charge in [-0.3, -0.25) is 11.3 Å². The number of benzene rings is 2. The normalized spacial score (nSPS) is 12.4. The smallest absolute Gasteiger partial charge is 0.141 e. The van der Waals surface area contributed by atoms with E-state index in [9.17, 15) is 4.39 Å². The maximum absolute atomic E-state index is 13.1. The molecule has 0 fully saturated rings. The second-order valence-corrected chi connectivity index (χ2v) is 6.44. The molecule has 0 aliphatic heterocycles. The summed E-state index contributed by atoms with van der Waals surface area (Å²) in [6.45, 7) is 2.07. The maximum atomic E-state index is 13.1. The van der Waals surface area contributed by atoms with Crippen LogP contribution in [0, 0.1) is 12.7 Å². The van der Waals surface area contributed by atoms with E-state index in [4.69, 9.17) is 17.4 Å². The Morgan fingerprint density at radius 3 is 2.76 bits per heavy atom. The Morgan fingerprint density at radius 1 is 1.29 bits per heavy atom. The van der Waals surface area contributed by atoms with E-state index in [1.54, 1.807) is 23.9 Å². The van der Waals surface area contributed by atoms with Crippen LogP contribution in [0.1, 0.15) is 11.1 Å². The number of aryl methyl sites for hydroxylation is 1. The Hall–Kier alpha value is -1.07. The molecule has 0 saturated heterocycles. The van der Waals surface area contributed by atoms with E-state index < -0.39 is 5.82 Å². The number of hydrogen-bond donors (Lipinski definition) is 2. The number of nitrogens with one attached hydrogen (secondary N) is 1. The summed E-state index contributed by atoms with van der Waals surface area (Å²) < 4.78 is 13.1. The zero-order valence-corrected chi connectivity index (χ0v) is 13.3. The van der Waals surface area contributed by atoms with Crippen molar-refractivity contribution in [3.8, 4) is 0 Å². The maximum Gasteiger partial charge on any atom is 0.141 e. The lowest BCUT2D eigenvalue weighted by molar-refractivity contribution is 0.573. The van der Waals surface area contributed by atoms with Gasteiger partial charge in [0.2, 0.25) is 0 Å². The summed E-state index contributed by atoms with van der Waals surface area (Å²) in [6.07, 6.45) is 0.704. The van der Waals surface area contributed by atoms with Crippen molar-refractivity contribution < 1.29 is 4.39 Å². The van der Waals surface area contributed by atoms with E-state index >= 15 is 0 Å². The molecule has 2 aromatic rings. The van der Waals surface area contributed by atoms with E-state index in [1.807, 2.05) is 6.07 Å². The number of nitrogens with two attached hydrogens (primary N) is 1. The van der Waals surface area contributed by atoms with Crippen LogP contribution in [-0.2, 0) is 6.42 Å². The van der Waals surface area contributed by atoms with Crippen molar-refractivity contribution in [2.75, 3.05) is 5.75 Å². The molecule has 2 aromatic carbocycles. The fourth-order valence-corrected chi connectivity index (χ4v) is 3.27. The third kappa shape index (κ3) is 5.00. The molecule has 3 N–H and O–H groups in total. The molecule has 2 nitrogen and oxygen atoms in total. The summed E-state index contributed by atoms with van der Waals surface area (Å²) in [6, 6.07) is 13.2. The lowest BCUT2D eigenvalue weighted by Gasteiger charge is -2.16. The molecule has 5 heteroatoms. The molecule has 0 amide bonds. The van der Waals surface area contributed by atoms with E-state index in [1.165, 1.54) is 16.5 Å². The number of rotatable bonds is 6. The first-order valence-corrected chi connectivity index (χ1v) is 8.04. The van der Waals surface area contributed by atoms with Crippen LogP contribution in [0.15, 0.2) is 47.4 Å². The molecule has 0 bridgehead atoms. The molecule has 0 aliphatic carbocycles. The summed E-state index contributed by atoms with van der Waals surface area (Å²) in [4.78, 5) is 1.22. The number of hydrazine groups is 1. The standard InChI is InChI=1S/C16H18ClFN2S/c1-11-3-2-4-14(7-11)21-10-13(20-19)8-12-5-6-16(18)15(17)9-12/h2-7,9,13,20H,8,10,19H2,1H3. The average Bonchev–Trinajstić information content (AvgIpc) is 2.47. The Balaban J connectivity index is 1.95. The van der Waals surface area contributed by atoms with Crippen LogP contribution in [0.4, 0.5) is 4.39 Å². The van der Waals surface area contributed by atoms with Gasteiger partial charge in [-0.1, -0.05) is 35.4 Å². The van der Waals surface area contributed by atoms with Crippen molar-refractivity contribution in [1.82, 2.24) is 5.43 Å². The zero-order chi connectivity index (χ0) is 15.2.